The third kappa shape index (κ3) is 2.60. The van der Waals surface area contributed by atoms with Crippen LogP contribution in [-0.2, 0) is 4.74 Å². The van der Waals surface area contributed by atoms with E-state index in [1.165, 1.54) is 4.58 Å². The first-order valence-electron chi connectivity index (χ1n) is 9.87. The third-order valence-electron chi connectivity index (χ3n) is 6.33. The maximum absolute atomic E-state index is 12.9. The Kier molecular flexibility index (Phi) is 4.13. The summed E-state index contributed by atoms with van der Waals surface area (Å²) in [7, 11) is 0. The van der Waals surface area contributed by atoms with Crippen molar-refractivity contribution in [2.75, 3.05) is 13.2 Å². The number of hydrogen-bond donors (Lipinski definition) is 8. The maximum Gasteiger partial charge on any atom is 0.347 e. The quantitative estimate of drug-likeness (QED) is 0.136. The molecule has 4 atom stereocenters. The summed E-state index contributed by atoms with van der Waals surface area (Å²) in [6.45, 7) is -0.456. The number of esters is 1. The molecule has 0 radical (unpaired) electrons. The van der Waals surface area contributed by atoms with Crippen molar-refractivity contribution >= 4 is 28.7 Å². The average Bonchev–Trinajstić information content (AvgIpc) is 3.22. The Morgan fingerprint density at radius 2 is 1.97 bits per heavy atom. The highest BCUT2D eigenvalue weighted by Gasteiger charge is 2.78. The summed E-state index contributed by atoms with van der Waals surface area (Å²) in [6, 6.07) is 11.2. The molecule has 162 valence electrons. The van der Waals surface area contributed by atoms with Gasteiger partial charge in [-0.3, -0.25) is 21.8 Å². The van der Waals surface area contributed by atoms with Gasteiger partial charge in [0.25, 0.3) is 5.79 Å². The number of nitrogens with two attached hydrogens (primary N) is 2. The normalized spacial score (nSPS) is 30.8. The van der Waals surface area contributed by atoms with Crippen LogP contribution in [0.4, 0.5) is 0 Å². The second-order valence-electron chi connectivity index (χ2n) is 8.04. The average molecular weight is 428 g/mol. The van der Waals surface area contributed by atoms with Crippen LogP contribution in [-0.4, -0.2) is 80.6 Å². The summed E-state index contributed by atoms with van der Waals surface area (Å²) < 4.78 is 7.00. The molecule has 1 saturated heterocycles. The van der Waals surface area contributed by atoms with Crippen molar-refractivity contribution in [3.8, 4) is 0 Å². The Balaban J connectivity index is 1.49. The number of aliphatic hydroxyl groups is 3. The van der Waals surface area contributed by atoms with Crippen molar-refractivity contribution in [3.63, 3.8) is 0 Å². The van der Waals surface area contributed by atoms with Crippen molar-refractivity contribution in [2.45, 2.75) is 29.6 Å². The summed E-state index contributed by atoms with van der Waals surface area (Å²) in [5, 5.41) is 39.8. The molecule has 0 saturated carbocycles. The zero-order chi connectivity index (χ0) is 22.0. The first-order chi connectivity index (χ1) is 14.8. The predicted molar refractivity (Wildman–Crippen MR) is 108 cm³/mol. The summed E-state index contributed by atoms with van der Waals surface area (Å²) in [4.78, 5) is 15.8. The number of fused-ring (bicyclic) bond motifs is 1. The monoisotopic (exact) mass is 428 g/mol. The van der Waals surface area contributed by atoms with Crippen LogP contribution in [0.1, 0.15) is 10.4 Å². The molecule has 2 aromatic carbocycles. The largest absolute Gasteiger partial charge is 0.449 e. The van der Waals surface area contributed by atoms with E-state index in [9.17, 15) is 20.1 Å². The van der Waals surface area contributed by atoms with Gasteiger partial charge in [0.2, 0.25) is 0 Å². The van der Waals surface area contributed by atoms with Crippen LogP contribution in [0.2, 0.25) is 0 Å². The molecule has 5 rings (SSSR count). The lowest BCUT2D eigenvalue weighted by molar-refractivity contribution is -0.674. The van der Waals surface area contributed by atoms with E-state index in [0.717, 1.165) is 10.8 Å². The van der Waals surface area contributed by atoms with Gasteiger partial charge in [-0.1, -0.05) is 30.3 Å². The standard InChI is InChI=1S/C20H22N6O5/c21-17-24-15-13(9-27)23-18(22)26-8-14(20(29,30)19(15,26)25-17)31-16(28)12-6-5-10-3-1-2-4-11(10)7-12/h1-7,13-15,27,29-30H,8-9H2,(H5,21,22,23,24,25)/p+2/t13-,14-,15-,19-/m0/s1. The topological polar surface area (TPSA) is 180 Å². The fourth-order valence-corrected chi connectivity index (χ4v) is 4.84. The van der Waals surface area contributed by atoms with Gasteiger partial charge in [-0.15, -0.1) is 0 Å². The van der Waals surface area contributed by atoms with Gasteiger partial charge in [-0.05, 0) is 22.9 Å². The minimum Gasteiger partial charge on any atom is -0.449 e. The molecular formula is C20H24N6O5+2. The van der Waals surface area contributed by atoms with Crippen molar-refractivity contribution in [1.29, 1.82) is 0 Å². The molecule has 11 heteroatoms. The van der Waals surface area contributed by atoms with Crippen molar-refractivity contribution in [1.82, 2.24) is 10.6 Å². The molecule has 3 heterocycles. The molecule has 0 aromatic heterocycles. The van der Waals surface area contributed by atoms with Crippen molar-refractivity contribution < 1.29 is 34.4 Å². The van der Waals surface area contributed by atoms with Gasteiger partial charge in [0.1, 0.15) is 12.6 Å². The SMILES string of the molecule is NC1=[NH+][C@H]2[C@H](CO)NC(N)=[N+]3C[C@H](OC(=O)c4ccc5ccccc5c4)C(O)(O)[C@]23N1. The molecule has 2 aromatic rings. The van der Waals surface area contributed by atoms with E-state index in [4.69, 9.17) is 16.2 Å². The first kappa shape index (κ1) is 19.5. The Labute approximate surface area is 176 Å². The fraction of sp³-hybridized carbons (Fsp3) is 0.350. The molecule has 1 spiro atoms. The second-order valence-corrected chi connectivity index (χ2v) is 8.04. The van der Waals surface area contributed by atoms with Crippen LogP contribution < -0.4 is 27.1 Å². The number of rotatable bonds is 3. The van der Waals surface area contributed by atoms with Gasteiger partial charge in [0.05, 0.1) is 12.2 Å². The molecule has 0 unspecified atom stereocenters. The molecule has 3 aliphatic heterocycles. The number of benzene rings is 2. The van der Waals surface area contributed by atoms with E-state index >= 15 is 0 Å². The number of aliphatic hydroxyl groups excluding tert-OH is 1. The third-order valence-corrected chi connectivity index (χ3v) is 6.33. The number of ether oxygens (including phenoxy) is 1. The number of carbonyl (C=O) groups is 1. The summed E-state index contributed by atoms with van der Waals surface area (Å²) in [5.41, 5.74) is 10.6. The zero-order valence-electron chi connectivity index (χ0n) is 16.4. The number of nitrogens with one attached hydrogen (secondary N) is 3. The maximum atomic E-state index is 12.9. The predicted octanol–water partition coefficient (Wildman–Crippen LogP) is -4.59. The highest BCUT2D eigenvalue weighted by Crippen LogP contribution is 2.39. The Bertz CT molecular complexity index is 1150. The number of guanidine groups is 2. The van der Waals surface area contributed by atoms with Gasteiger partial charge in [0.15, 0.2) is 12.1 Å². The molecule has 10 N–H and O–H groups in total. The molecule has 1 fully saturated rings. The highest BCUT2D eigenvalue weighted by molar-refractivity contribution is 5.95. The smallest absolute Gasteiger partial charge is 0.347 e. The second kappa shape index (κ2) is 6.54. The first-order valence-corrected chi connectivity index (χ1v) is 9.87. The lowest BCUT2D eigenvalue weighted by Crippen LogP contribution is -2.91. The van der Waals surface area contributed by atoms with Crippen LogP contribution in [0.3, 0.4) is 0 Å². The van der Waals surface area contributed by atoms with Crippen LogP contribution in [0.25, 0.3) is 10.8 Å². The molecule has 31 heavy (non-hydrogen) atoms. The molecule has 0 aliphatic carbocycles. The van der Waals surface area contributed by atoms with Crippen molar-refractivity contribution in [3.05, 3.63) is 48.0 Å². The Hall–Kier alpha value is -3.41. The summed E-state index contributed by atoms with van der Waals surface area (Å²) in [5.74, 6) is -3.11. The molecule has 0 amide bonds. The Morgan fingerprint density at radius 3 is 2.71 bits per heavy atom. The van der Waals surface area contributed by atoms with Gasteiger partial charge >= 0.3 is 23.6 Å². The van der Waals surface area contributed by atoms with Crippen LogP contribution in [0.15, 0.2) is 42.5 Å². The van der Waals surface area contributed by atoms with E-state index in [0.29, 0.717) is 0 Å². The lowest BCUT2D eigenvalue weighted by Gasteiger charge is -2.40. The number of nitrogens with zero attached hydrogens (tertiary/aromatic N) is 1. The minimum atomic E-state index is -2.58. The van der Waals surface area contributed by atoms with Gasteiger partial charge in [-0.25, -0.2) is 14.7 Å². The van der Waals surface area contributed by atoms with E-state index in [-0.39, 0.29) is 30.6 Å². The van der Waals surface area contributed by atoms with Crippen LogP contribution >= 0.6 is 0 Å². The number of carbonyl (C=O) groups excluding carboxylic acids is 1. The minimum absolute atomic E-state index is 0.0823. The fourth-order valence-electron chi connectivity index (χ4n) is 4.84. The van der Waals surface area contributed by atoms with Gasteiger partial charge in [0, 0.05) is 0 Å². The van der Waals surface area contributed by atoms with E-state index in [2.05, 4.69) is 15.6 Å². The lowest BCUT2D eigenvalue weighted by atomic mass is 9.86. The van der Waals surface area contributed by atoms with E-state index in [1.807, 2.05) is 24.3 Å². The van der Waals surface area contributed by atoms with Gasteiger partial charge < -0.3 is 20.1 Å². The van der Waals surface area contributed by atoms with Crippen molar-refractivity contribution in [2.24, 2.45) is 11.5 Å². The van der Waals surface area contributed by atoms with E-state index < -0.39 is 35.6 Å². The molecule has 3 aliphatic rings. The molecule has 0 bridgehead atoms. The number of hydrogen-bond acceptors (Lipinski definition) is 9. The van der Waals surface area contributed by atoms with Gasteiger partial charge in [-0.2, -0.15) is 0 Å². The van der Waals surface area contributed by atoms with E-state index in [1.54, 1.807) is 18.2 Å². The van der Waals surface area contributed by atoms with Crippen LogP contribution in [0, 0.1) is 0 Å². The highest BCUT2D eigenvalue weighted by atomic mass is 16.6. The zero-order valence-corrected chi connectivity index (χ0v) is 16.4. The summed E-state index contributed by atoms with van der Waals surface area (Å²) in [6.07, 6.45) is -1.35. The molecule has 11 nitrogen and oxygen atoms in total. The summed E-state index contributed by atoms with van der Waals surface area (Å²) >= 11 is 0. The molecular weight excluding hydrogens is 404 g/mol. The Morgan fingerprint density at radius 1 is 1.23 bits per heavy atom. The van der Waals surface area contributed by atoms with Crippen LogP contribution in [0.5, 0.6) is 0 Å².